The summed E-state index contributed by atoms with van der Waals surface area (Å²) in [4.78, 5) is 22.8. The van der Waals surface area contributed by atoms with Gasteiger partial charge in [0.05, 0.1) is 10.4 Å². The van der Waals surface area contributed by atoms with E-state index in [9.17, 15) is 9.59 Å². The zero-order chi connectivity index (χ0) is 13.5. The molecule has 0 atom stereocenters. The Bertz CT molecular complexity index is 301. The van der Waals surface area contributed by atoms with Gasteiger partial charge in [-0.25, -0.2) is 0 Å². The Morgan fingerprint density at radius 3 is 2.12 bits per heavy atom. The van der Waals surface area contributed by atoms with Crippen molar-refractivity contribution >= 4 is 29.0 Å². The van der Waals surface area contributed by atoms with Crippen LogP contribution in [-0.4, -0.2) is 23.3 Å². The van der Waals surface area contributed by atoms with Gasteiger partial charge in [0, 0.05) is 13.0 Å². The van der Waals surface area contributed by atoms with E-state index in [-0.39, 0.29) is 23.2 Å². The number of thiocarbonyl (C=S) groups is 1. The minimum absolute atomic E-state index is 0.167. The first-order valence-corrected chi connectivity index (χ1v) is 6.18. The number of nitrogens with one attached hydrogen (secondary N) is 1. The molecule has 0 radical (unpaired) electrons. The fraction of sp³-hybridized carbons (Fsp3) is 0.727. The van der Waals surface area contributed by atoms with Gasteiger partial charge in [-0.1, -0.05) is 26.1 Å². The Labute approximate surface area is 107 Å². The third kappa shape index (κ3) is 4.30. The summed E-state index contributed by atoms with van der Waals surface area (Å²) < 4.78 is 0. The monoisotopic (exact) mass is 259 g/mol. The van der Waals surface area contributed by atoms with Crippen molar-refractivity contribution in [2.45, 2.75) is 39.5 Å². The maximum atomic E-state index is 12.0. The van der Waals surface area contributed by atoms with E-state index in [0.29, 0.717) is 25.8 Å². The van der Waals surface area contributed by atoms with Gasteiger partial charge in [-0.2, -0.15) is 0 Å². The van der Waals surface area contributed by atoms with E-state index in [2.05, 4.69) is 5.32 Å². The Kier molecular flexibility index (Phi) is 6.72. The lowest BCUT2D eigenvalue weighted by molar-refractivity contribution is -0.128. The summed E-state index contributed by atoms with van der Waals surface area (Å²) in [5.74, 6) is -0.537. The Balaban J connectivity index is 4.35. The lowest BCUT2D eigenvalue weighted by atomic mass is 9.81. The van der Waals surface area contributed by atoms with Crippen LogP contribution in [0.1, 0.15) is 39.5 Å². The minimum atomic E-state index is -0.776. The molecule has 98 valence electrons. The summed E-state index contributed by atoms with van der Waals surface area (Å²) in [6, 6.07) is 0. The minimum Gasteiger partial charge on any atom is -0.392 e. The topological polar surface area (TPSA) is 98.2 Å². The first-order valence-electron chi connectivity index (χ1n) is 5.77. The van der Waals surface area contributed by atoms with Crippen LogP contribution in [0.15, 0.2) is 0 Å². The SMILES string of the molecule is CCC(CC)(C(=O)NCCCC(N)=O)C(N)=S. The average molecular weight is 259 g/mol. The molecule has 17 heavy (non-hydrogen) atoms. The molecule has 0 rings (SSSR count). The lowest BCUT2D eigenvalue weighted by Crippen LogP contribution is -2.48. The second kappa shape index (κ2) is 7.21. The number of primary amides is 1. The van der Waals surface area contributed by atoms with Gasteiger partial charge in [-0.15, -0.1) is 0 Å². The van der Waals surface area contributed by atoms with Gasteiger partial charge in [0.2, 0.25) is 11.8 Å². The molecule has 5 nitrogen and oxygen atoms in total. The maximum Gasteiger partial charge on any atom is 0.233 e. The number of rotatable bonds is 8. The van der Waals surface area contributed by atoms with Gasteiger partial charge in [-0.3, -0.25) is 9.59 Å². The van der Waals surface area contributed by atoms with Crippen LogP contribution in [0.2, 0.25) is 0 Å². The standard InChI is InChI=1S/C11H21N3O2S/c1-3-11(4-2,9(13)17)10(16)14-7-5-6-8(12)15/h3-7H2,1-2H3,(H2,12,15)(H2,13,17)(H,14,16). The molecule has 0 aromatic rings. The Morgan fingerprint density at radius 1 is 1.24 bits per heavy atom. The molecule has 2 amide bonds. The van der Waals surface area contributed by atoms with Gasteiger partial charge >= 0.3 is 0 Å². The van der Waals surface area contributed by atoms with Gasteiger partial charge in [0.1, 0.15) is 0 Å². The Morgan fingerprint density at radius 2 is 1.76 bits per heavy atom. The van der Waals surface area contributed by atoms with Crippen molar-refractivity contribution in [2.24, 2.45) is 16.9 Å². The van der Waals surface area contributed by atoms with Crippen LogP contribution in [0.4, 0.5) is 0 Å². The highest BCUT2D eigenvalue weighted by Crippen LogP contribution is 2.27. The second-order valence-electron chi connectivity index (χ2n) is 3.98. The van der Waals surface area contributed by atoms with Gasteiger partial charge < -0.3 is 16.8 Å². The van der Waals surface area contributed by atoms with E-state index < -0.39 is 5.41 Å². The molecule has 0 aromatic heterocycles. The average Bonchev–Trinajstić information content (AvgIpc) is 2.26. The van der Waals surface area contributed by atoms with Gasteiger partial charge in [0.25, 0.3) is 0 Å². The highest BCUT2D eigenvalue weighted by molar-refractivity contribution is 7.80. The molecule has 0 bridgehead atoms. The molecule has 0 aromatic carbocycles. The third-order valence-electron chi connectivity index (χ3n) is 3.00. The molecular formula is C11H21N3O2S. The van der Waals surface area contributed by atoms with Crippen molar-refractivity contribution in [3.05, 3.63) is 0 Å². The third-order valence-corrected chi connectivity index (χ3v) is 3.39. The number of nitrogens with two attached hydrogens (primary N) is 2. The number of hydrogen-bond donors (Lipinski definition) is 3. The van der Waals surface area contributed by atoms with E-state index in [1.165, 1.54) is 0 Å². The predicted molar refractivity (Wildman–Crippen MR) is 71.2 cm³/mol. The maximum absolute atomic E-state index is 12.0. The molecule has 0 saturated heterocycles. The lowest BCUT2D eigenvalue weighted by Gasteiger charge is -2.28. The smallest absolute Gasteiger partial charge is 0.233 e. The number of amides is 2. The quantitative estimate of drug-likeness (QED) is 0.435. The van der Waals surface area contributed by atoms with Crippen molar-refractivity contribution in [2.75, 3.05) is 6.54 Å². The molecule has 0 aliphatic heterocycles. The molecule has 0 unspecified atom stereocenters. The zero-order valence-corrected chi connectivity index (χ0v) is 11.2. The molecule has 0 fully saturated rings. The largest absolute Gasteiger partial charge is 0.392 e. The van der Waals surface area contributed by atoms with Gasteiger partial charge in [0.15, 0.2) is 0 Å². The van der Waals surface area contributed by atoms with E-state index >= 15 is 0 Å². The van der Waals surface area contributed by atoms with Crippen molar-refractivity contribution in [3.63, 3.8) is 0 Å². The molecule has 6 heteroatoms. The van der Waals surface area contributed by atoms with Crippen molar-refractivity contribution in [1.29, 1.82) is 0 Å². The van der Waals surface area contributed by atoms with Crippen LogP contribution in [0.5, 0.6) is 0 Å². The fourth-order valence-corrected chi connectivity index (χ4v) is 2.05. The van der Waals surface area contributed by atoms with E-state index in [0.717, 1.165) is 0 Å². The zero-order valence-electron chi connectivity index (χ0n) is 10.4. The molecule has 0 aliphatic carbocycles. The van der Waals surface area contributed by atoms with Crippen LogP contribution < -0.4 is 16.8 Å². The number of carbonyl (C=O) groups excluding carboxylic acids is 2. The highest BCUT2D eigenvalue weighted by Gasteiger charge is 2.37. The van der Waals surface area contributed by atoms with E-state index in [1.54, 1.807) is 0 Å². The summed E-state index contributed by atoms with van der Waals surface area (Å²) in [6.45, 7) is 4.17. The molecule has 0 aliphatic rings. The fourth-order valence-electron chi connectivity index (χ4n) is 1.67. The van der Waals surface area contributed by atoms with Crippen molar-refractivity contribution in [1.82, 2.24) is 5.32 Å². The summed E-state index contributed by atoms with van der Waals surface area (Å²) in [5, 5.41) is 2.75. The summed E-state index contributed by atoms with van der Waals surface area (Å²) in [5.41, 5.74) is 9.87. The second-order valence-corrected chi connectivity index (χ2v) is 4.42. The molecule has 5 N–H and O–H groups in total. The number of hydrogen-bond acceptors (Lipinski definition) is 3. The van der Waals surface area contributed by atoms with Crippen molar-refractivity contribution < 1.29 is 9.59 Å². The summed E-state index contributed by atoms with van der Waals surface area (Å²) >= 11 is 4.97. The number of carbonyl (C=O) groups is 2. The molecular weight excluding hydrogens is 238 g/mol. The van der Waals surface area contributed by atoms with Crippen LogP contribution in [0.25, 0.3) is 0 Å². The first kappa shape index (κ1) is 15.8. The van der Waals surface area contributed by atoms with Crippen LogP contribution >= 0.6 is 12.2 Å². The predicted octanol–water partition coefficient (Wildman–Crippen LogP) is 0.461. The van der Waals surface area contributed by atoms with Crippen molar-refractivity contribution in [3.8, 4) is 0 Å². The Hall–Kier alpha value is -1.17. The van der Waals surface area contributed by atoms with Crippen LogP contribution in [0.3, 0.4) is 0 Å². The summed E-state index contributed by atoms with van der Waals surface area (Å²) in [7, 11) is 0. The molecule has 0 spiro atoms. The molecule has 0 saturated carbocycles. The van der Waals surface area contributed by atoms with E-state index in [1.807, 2.05) is 13.8 Å². The van der Waals surface area contributed by atoms with Crippen LogP contribution in [0, 0.1) is 5.41 Å². The molecule has 0 heterocycles. The van der Waals surface area contributed by atoms with E-state index in [4.69, 9.17) is 23.7 Å². The highest BCUT2D eigenvalue weighted by atomic mass is 32.1. The normalized spacial score (nSPS) is 10.9. The van der Waals surface area contributed by atoms with Gasteiger partial charge in [-0.05, 0) is 19.3 Å². The van der Waals surface area contributed by atoms with Crippen LogP contribution in [-0.2, 0) is 9.59 Å². The first-order chi connectivity index (χ1) is 7.90. The summed E-state index contributed by atoms with van der Waals surface area (Å²) in [6.07, 6.45) is 1.93.